The van der Waals surface area contributed by atoms with Crippen molar-refractivity contribution in [1.82, 2.24) is 4.72 Å². The molecule has 1 N–H and O–H groups in total. The second kappa shape index (κ2) is 6.67. The van der Waals surface area contributed by atoms with Gasteiger partial charge in [-0.25, -0.2) is 25.9 Å². The van der Waals surface area contributed by atoms with Crippen LogP contribution in [0.2, 0.25) is 0 Å². The third-order valence-corrected chi connectivity index (χ3v) is 7.56. The van der Waals surface area contributed by atoms with E-state index < -0.39 is 26.0 Å². The van der Waals surface area contributed by atoms with Crippen molar-refractivity contribution < 1.29 is 26.4 Å². The summed E-state index contributed by atoms with van der Waals surface area (Å²) in [6, 6.07) is 4.17. The van der Waals surface area contributed by atoms with Crippen LogP contribution in [0.15, 0.2) is 23.1 Å². The fraction of sp³-hybridized carbons (Fsp3) is 0.533. The second-order valence-electron chi connectivity index (χ2n) is 6.16. The highest BCUT2D eigenvalue weighted by molar-refractivity contribution is 7.94. The van der Waals surface area contributed by atoms with Crippen molar-refractivity contribution in [2.45, 2.75) is 37.2 Å². The van der Waals surface area contributed by atoms with E-state index in [-0.39, 0.29) is 35.4 Å². The van der Waals surface area contributed by atoms with Gasteiger partial charge in [-0.1, -0.05) is 6.07 Å². The van der Waals surface area contributed by atoms with Gasteiger partial charge in [0.2, 0.25) is 26.0 Å². The number of aryl methyl sites for hydroxylation is 1. The zero-order chi connectivity index (χ0) is 18.2. The predicted molar refractivity (Wildman–Crippen MR) is 91.2 cm³/mol. The molecule has 25 heavy (non-hydrogen) atoms. The number of hydrogen-bond acceptors (Lipinski definition) is 6. The highest BCUT2D eigenvalue weighted by Gasteiger charge is 2.37. The van der Waals surface area contributed by atoms with E-state index >= 15 is 0 Å². The fourth-order valence-electron chi connectivity index (χ4n) is 2.96. The minimum absolute atomic E-state index is 0.0436. The molecule has 2 aliphatic rings. The zero-order valence-corrected chi connectivity index (χ0v) is 15.4. The number of ether oxygens (including phenoxy) is 1. The number of benzene rings is 1. The number of hydrogen-bond donors (Lipinski definition) is 1. The molecule has 3 rings (SSSR count). The van der Waals surface area contributed by atoms with Gasteiger partial charge in [0.15, 0.2) is 0 Å². The maximum Gasteiger partial charge on any atom is 0.242 e. The van der Waals surface area contributed by atoms with Gasteiger partial charge in [-0.15, -0.1) is 0 Å². The van der Waals surface area contributed by atoms with E-state index in [1.807, 2.05) is 0 Å². The van der Waals surface area contributed by atoms with Gasteiger partial charge in [0.05, 0.1) is 22.4 Å². The molecule has 10 heteroatoms. The van der Waals surface area contributed by atoms with Crippen molar-refractivity contribution >= 4 is 31.6 Å². The maximum absolute atomic E-state index is 12.6. The molecule has 0 radical (unpaired) electrons. The molecule has 0 saturated carbocycles. The van der Waals surface area contributed by atoms with Crippen LogP contribution in [0.3, 0.4) is 0 Å². The van der Waals surface area contributed by atoms with Crippen molar-refractivity contribution in [3.8, 4) is 0 Å². The maximum atomic E-state index is 12.6. The molecule has 2 aliphatic heterocycles. The molecule has 0 aliphatic carbocycles. The van der Waals surface area contributed by atoms with Gasteiger partial charge >= 0.3 is 0 Å². The van der Waals surface area contributed by atoms with E-state index in [0.717, 1.165) is 12.8 Å². The lowest BCUT2D eigenvalue weighted by Gasteiger charge is -2.18. The summed E-state index contributed by atoms with van der Waals surface area (Å²) < 4.78 is 57.9. The SMILES string of the molecule is Cc1ccc(N2C(=O)CCS2(=O)=O)cc1S(=O)(=O)NC[C@@H]1CCCO1. The van der Waals surface area contributed by atoms with Gasteiger partial charge < -0.3 is 4.74 Å². The van der Waals surface area contributed by atoms with Crippen molar-refractivity contribution in [1.29, 1.82) is 0 Å². The van der Waals surface area contributed by atoms with Crippen molar-refractivity contribution in [2.24, 2.45) is 0 Å². The van der Waals surface area contributed by atoms with Gasteiger partial charge in [-0.3, -0.25) is 4.79 Å². The molecule has 138 valence electrons. The number of nitrogens with zero attached hydrogens (tertiary/aromatic N) is 1. The Balaban J connectivity index is 1.89. The first kappa shape index (κ1) is 18.3. The third-order valence-electron chi connectivity index (χ3n) is 4.30. The minimum Gasteiger partial charge on any atom is -0.377 e. The Morgan fingerprint density at radius 2 is 2.12 bits per heavy atom. The van der Waals surface area contributed by atoms with Gasteiger partial charge in [0.1, 0.15) is 0 Å². The molecule has 0 aromatic heterocycles. The summed E-state index contributed by atoms with van der Waals surface area (Å²) >= 11 is 0. The van der Waals surface area contributed by atoms with Crippen molar-refractivity contribution in [2.75, 3.05) is 23.2 Å². The Hall–Kier alpha value is -1.49. The van der Waals surface area contributed by atoms with Crippen LogP contribution in [0.4, 0.5) is 5.69 Å². The summed E-state index contributed by atoms with van der Waals surface area (Å²) in [6.45, 7) is 2.40. The zero-order valence-electron chi connectivity index (χ0n) is 13.8. The van der Waals surface area contributed by atoms with Crippen LogP contribution < -0.4 is 9.03 Å². The lowest BCUT2D eigenvalue weighted by Crippen LogP contribution is -2.33. The molecule has 1 atom stereocenters. The number of nitrogens with one attached hydrogen (secondary N) is 1. The summed E-state index contributed by atoms with van der Waals surface area (Å²) in [5.74, 6) is -0.821. The first-order valence-electron chi connectivity index (χ1n) is 7.98. The summed E-state index contributed by atoms with van der Waals surface area (Å²) in [7, 11) is -7.59. The van der Waals surface area contributed by atoms with Gasteiger partial charge in [0, 0.05) is 19.6 Å². The Kier molecular flexibility index (Phi) is 4.89. The number of carbonyl (C=O) groups is 1. The molecule has 1 aromatic rings. The Bertz CT molecular complexity index is 889. The van der Waals surface area contributed by atoms with E-state index in [0.29, 0.717) is 16.5 Å². The van der Waals surface area contributed by atoms with Crippen LogP contribution in [0.1, 0.15) is 24.8 Å². The van der Waals surface area contributed by atoms with E-state index in [4.69, 9.17) is 4.74 Å². The molecule has 0 spiro atoms. The predicted octanol–water partition coefficient (Wildman–Crippen LogP) is 0.519. The van der Waals surface area contributed by atoms with E-state index in [2.05, 4.69) is 4.72 Å². The average molecular weight is 388 g/mol. The highest BCUT2D eigenvalue weighted by Crippen LogP contribution is 2.29. The summed E-state index contributed by atoms with van der Waals surface area (Å²) in [5, 5.41) is 0. The minimum atomic E-state index is -3.85. The van der Waals surface area contributed by atoms with E-state index in [1.165, 1.54) is 18.2 Å². The molecule has 1 amide bonds. The number of carbonyl (C=O) groups excluding carboxylic acids is 1. The Morgan fingerprint density at radius 3 is 2.72 bits per heavy atom. The van der Waals surface area contributed by atoms with Crippen molar-refractivity contribution in [3.63, 3.8) is 0 Å². The molecule has 0 unspecified atom stereocenters. The van der Waals surface area contributed by atoms with Gasteiger partial charge in [0.25, 0.3) is 0 Å². The lowest BCUT2D eigenvalue weighted by molar-refractivity contribution is -0.116. The third kappa shape index (κ3) is 3.71. The topological polar surface area (TPSA) is 110 Å². The first-order chi connectivity index (χ1) is 11.7. The van der Waals surface area contributed by atoms with Crippen LogP contribution in [0, 0.1) is 6.92 Å². The molecule has 8 nitrogen and oxygen atoms in total. The molecular weight excluding hydrogens is 368 g/mol. The average Bonchev–Trinajstić information content (AvgIpc) is 3.14. The van der Waals surface area contributed by atoms with E-state index in [9.17, 15) is 21.6 Å². The van der Waals surface area contributed by atoms with E-state index in [1.54, 1.807) is 6.92 Å². The summed E-state index contributed by atoms with van der Waals surface area (Å²) in [6.07, 6.45) is 1.44. The standard InChI is InChI=1S/C15H20N2O6S2/c1-11-4-5-12(17-15(18)6-8-24(17,19)20)9-14(11)25(21,22)16-10-13-3-2-7-23-13/h4-5,9,13,16H,2-3,6-8,10H2,1H3/t13-/m0/s1. The van der Waals surface area contributed by atoms with Crippen LogP contribution >= 0.6 is 0 Å². The van der Waals surface area contributed by atoms with Crippen LogP contribution in [0.5, 0.6) is 0 Å². The molecule has 1 aromatic carbocycles. The quantitative estimate of drug-likeness (QED) is 0.787. The molecule has 2 fully saturated rings. The van der Waals surface area contributed by atoms with Crippen molar-refractivity contribution in [3.05, 3.63) is 23.8 Å². The number of rotatable bonds is 5. The highest BCUT2D eigenvalue weighted by atomic mass is 32.2. The molecule has 2 saturated heterocycles. The van der Waals surface area contributed by atoms with Crippen LogP contribution in [-0.2, 0) is 29.6 Å². The normalized spacial score (nSPS) is 23.3. The number of amides is 1. The molecule has 2 heterocycles. The Labute approximate surface area is 147 Å². The lowest BCUT2D eigenvalue weighted by atomic mass is 10.2. The fourth-order valence-corrected chi connectivity index (χ4v) is 5.74. The monoisotopic (exact) mass is 388 g/mol. The first-order valence-corrected chi connectivity index (χ1v) is 11.1. The number of anilines is 1. The molecule has 0 bridgehead atoms. The van der Waals surface area contributed by atoms with Crippen LogP contribution in [0.25, 0.3) is 0 Å². The van der Waals surface area contributed by atoms with Gasteiger partial charge in [-0.05, 0) is 37.5 Å². The summed E-state index contributed by atoms with van der Waals surface area (Å²) in [4.78, 5) is 11.9. The Morgan fingerprint density at radius 1 is 1.36 bits per heavy atom. The van der Waals surface area contributed by atoms with Gasteiger partial charge in [-0.2, -0.15) is 0 Å². The largest absolute Gasteiger partial charge is 0.377 e. The molecular formula is C15H20N2O6S2. The second-order valence-corrected chi connectivity index (χ2v) is 9.83. The van der Waals surface area contributed by atoms with Crippen LogP contribution in [-0.4, -0.2) is 47.8 Å². The number of sulfonamides is 2. The smallest absolute Gasteiger partial charge is 0.242 e. The summed E-state index contributed by atoms with van der Waals surface area (Å²) in [5.41, 5.74) is 0.512.